The Morgan fingerprint density at radius 2 is 2.20 bits per heavy atom. The SMILES string of the molecule is O=C(NCc1nc(-c2cc[nH]c(=O)c2)no1)c1ccc2ncsc2c1. The van der Waals surface area contributed by atoms with Gasteiger partial charge in [-0.05, 0) is 24.3 Å². The number of carbonyl (C=O) groups is 1. The summed E-state index contributed by atoms with van der Waals surface area (Å²) in [7, 11) is 0. The summed E-state index contributed by atoms with van der Waals surface area (Å²) in [4.78, 5) is 34.4. The lowest BCUT2D eigenvalue weighted by Crippen LogP contribution is -2.22. The molecule has 0 aliphatic rings. The predicted molar refractivity (Wildman–Crippen MR) is 91.1 cm³/mol. The first-order valence-electron chi connectivity index (χ1n) is 7.32. The molecule has 0 fully saturated rings. The van der Waals surface area contributed by atoms with Crippen molar-refractivity contribution in [2.24, 2.45) is 0 Å². The molecule has 0 spiro atoms. The highest BCUT2D eigenvalue weighted by Crippen LogP contribution is 2.19. The monoisotopic (exact) mass is 353 g/mol. The summed E-state index contributed by atoms with van der Waals surface area (Å²) in [6.45, 7) is 0.0930. The molecule has 0 saturated heterocycles. The number of thiazole rings is 1. The Morgan fingerprint density at radius 1 is 1.28 bits per heavy atom. The van der Waals surface area contributed by atoms with Gasteiger partial charge >= 0.3 is 0 Å². The molecule has 25 heavy (non-hydrogen) atoms. The van der Waals surface area contributed by atoms with Crippen LogP contribution in [0.25, 0.3) is 21.6 Å². The molecule has 124 valence electrons. The number of benzene rings is 1. The number of pyridine rings is 1. The Kier molecular flexibility index (Phi) is 3.82. The summed E-state index contributed by atoms with van der Waals surface area (Å²) >= 11 is 1.48. The molecule has 0 atom stereocenters. The summed E-state index contributed by atoms with van der Waals surface area (Å²) < 4.78 is 6.05. The lowest BCUT2D eigenvalue weighted by atomic mass is 10.2. The van der Waals surface area contributed by atoms with E-state index in [0.29, 0.717) is 17.0 Å². The molecule has 4 rings (SSSR count). The molecule has 1 amide bonds. The van der Waals surface area contributed by atoms with Crippen molar-refractivity contribution < 1.29 is 9.32 Å². The minimum absolute atomic E-state index is 0.0930. The van der Waals surface area contributed by atoms with E-state index in [-0.39, 0.29) is 23.9 Å². The van der Waals surface area contributed by atoms with Gasteiger partial charge in [-0.15, -0.1) is 11.3 Å². The zero-order chi connectivity index (χ0) is 17.2. The molecule has 0 aliphatic carbocycles. The van der Waals surface area contributed by atoms with Crippen molar-refractivity contribution in [3.8, 4) is 11.4 Å². The van der Waals surface area contributed by atoms with Crippen LogP contribution in [-0.2, 0) is 6.54 Å². The fourth-order valence-corrected chi connectivity index (χ4v) is 3.00. The van der Waals surface area contributed by atoms with Crippen molar-refractivity contribution in [1.82, 2.24) is 25.4 Å². The zero-order valence-electron chi connectivity index (χ0n) is 12.7. The largest absolute Gasteiger partial charge is 0.343 e. The molecule has 2 N–H and O–H groups in total. The number of H-pyrrole nitrogens is 1. The first-order chi connectivity index (χ1) is 12.2. The predicted octanol–water partition coefficient (Wildman–Crippen LogP) is 1.96. The molecule has 0 aliphatic heterocycles. The third-order valence-corrected chi connectivity index (χ3v) is 4.29. The number of aromatic amines is 1. The average Bonchev–Trinajstić information content (AvgIpc) is 3.28. The second kappa shape index (κ2) is 6.29. The van der Waals surface area contributed by atoms with E-state index in [1.807, 2.05) is 0 Å². The van der Waals surface area contributed by atoms with E-state index < -0.39 is 0 Å². The highest BCUT2D eigenvalue weighted by Gasteiger charge is 2.12. The summed E-state index contributed by atoms with van der Waals surface area (Å²) in [5.41, 5.74) is 3.42. The van der Waals surface area contributed by atoms with Gasteiger partial charge < -0.3 is 14.8 Å². The number of aromatic nitrogens is 4. The smallest absolute Gasteiger partial charge is 0.251 e. The molecule has 1 aromatic carbocycles. The van der Waals surface area contributed by atoms with Gasteiger partial charge in [-0.25, -0.2) is 4.98 Å². The Bertz CT molecular complexity index is 1110. The Hall–Kier alpha value is -3.33. The molecule has 0 saturated carbocycles. The van der Waals surface area contributed by atoms with Crippen molar-refractivity contribution in [1.29, 1.82) is 0 Å². The minimum atomic E-state index is -0.254. The fraction of sp³-hybridized carbons (Fsp3) is 0.0625. The topological polar surface area (TPSA) is 114 Å². The molecule has 0 radical (unpaired) electrons. The second-order valence-corrected chi connectivity index (χ2v) is 6.06. The van der Waals surface area contributed by atoms with E-state index in [4.69, 9.17) is 4.52 Å². The van der Waals surface area contributed by atoms with Crippen LogP contribution in [0, 0.1) is 0 Å². The summed E-state index contributed by atoms with van der Waals surface area (Å²) in [6, 6.07) is 8.35. The summed E-state index contributed by atoms with van der Waals surface area (Å²) in [5, 5.41) is 6.54. The molecule has 9 heteroatoms. The van der Waals surface area contributed by atoms with Gasteiger partial charge in [0.1, 0.15) is 0 Å². The quantitative estimate of drug-likeness (QED) is 0.580. The Balaban J connectivity index is 1.46. The number of nitrogens with zero attached hydrogens (tertiary/aromatic N) is 3. The minimum Gasteiger partial charge on any atom is -0.343 e. The first-order valence-corrected chi connectivity index (χ1v) is 8.20. The lowest BCUT2D eigenvalue weighted by molar-refractivity contribution is 0.0946. The van der Waals surface area contributed by atoms with E-state index in [0.717, 1.165) is 10.2 Å². The number of rotatable bonds is 4. The zero-order valence-corrected chi connectivity index (χ0v) is 13.5. The molecular formula is C16H11N5O3S. The Morgan fingerprint density at radius 3 is 3.08 bits per heavy atom. The van der Waals surface area contributed by atoms with Gasteiger partial charge in [0.15, 0.2) is 0 Å². The maximum absolute atomic E-state index is 12.2. The maximum Gasteiger partial charge on any atom is 0.251 e. The van der Waals surface area contributed by atoms with E-state index in [1.165, 1.54) is 23.6 Å². The molecular weight excluding hydrogens is 342 g/mol. The van der Waals surface area contributed by atoms with Crippen LogP contribution in [0.5, 0.6) is 0 Å². The molecule has 3 aromatic heterocycles. The van der Waals surface area contributed by atoms with Crippen LogP contribution in [-0.4, -0.2) is 26.0 Å². The Labute approximate surface area is 144 Å². The van der Waals surface area contributed by atoms with Crippen molar-refractivity contribution in [2.75, 3.05) is 0 Å². The normalized spacial score (nSPS) is 10.9. The molecule has 0 unspecified atom stereocenters. The first kappa shape index (κ1) is 15.2. The van der Waals surface area contributed by atoms with Gasteiger partial charge in [-0.3, -0.25) is 9.59 Å². The van der Waals surface area contributed by atoms with Crippen LogP contribution < -0.4 is 10.9 Å². The standard InChI is InChI=1S/C16H11N5O3S/c22-13-6-9(3-4-17-13)15-20-14(24-21-15)7-18-16(23)10-1-2-11-12(5-10)25-8-19-11/h1-6,8H,7H2,(H,17,22)(H,18,23). The van der Waals surface area contributed by atoms with Crippen LogP contribution >= 0.6 is 11.3 Å². The second-order valence-electron chi connectivity index (χ2n) is 5.17. The number of hydrogen-bond acceptors (Lipinski definition) is 7. The molecule has 3 heterocycles. The van der Waals surface area contributed by atoms with Crippen LogP contribution in [0.15, 0.2) is 51.4 Å². The maximum atomic E-state index is 12.2. The van der Waals surface area contributed by atoms with E-state index in [1.54, 1.807) is 29.8 Å². The van der Waals surface area contributed by atoms with E-state index >= 15 is 0 Å². The van der Waals surface area contributed by atoms with E-state index in [9.17, 15) is 9.59 Å². The third-order valence-electron chi connectivity index (χ3n) is 3.49. The highest BCUT2D eigenvalue weighted by molar-refractivity contribution is 7.16. The number of hydrogen-bond donors (Lipinski definition) is 2. The lowest BCUT2D eigenvalue weighted by Gasteiger charge is -2.02. The van der Waals surface area contributed by atoms with Gasteiger partial charge in [0.25, 0.3) is 5.91 Å². The third kappa shape index (κ3) is 3.17. The molecule has 4 aromatic rings. The van der Waals surface area contributed by atoms with Gasteiger partial charge in [-0.1, -0.05) is 5.16 Å². The van der Waals surface area contributed by atoms with Gasteiger partial charge in [0, 0.05) is 23.4 Å². The molecule has 8 nitrogen and oxygen atoms in total. The number of nitrogens with one attached hydrogen (secondary N) is 2. The van der Waals surface area contributed by atoms with Crippen molar-refractivity contribution in [2.45, 2.75) is 6.54 Å². The average molecular weight is 353 g/mol. The van der Waals surface area contributed by atoms with Crippen LogP contribution in [0.1, 0.15) is 16.2 Å². The van der Waals surface area contributed by atoms with Crippen molar-refractivity contribution in [3.05, 3.63) is 63.8 Å². The number of fused-ring (bicyclic) bond motifs is 1. The van der Waals surface area contributed by atoms with Crippen LogP contribution in [0.4, 0.5) is 0 Å². The van der Waals surface area contributed by atoms with Crippen LogP contribution in [0.2, 0.25) is 0 Å². The van der Waals surface area contributed by atoms with Gasteiger partial charge in [0.05, 0.1) is 22.3 Å². The summed E-state index contributed by atoms with van der Waals surface area (Å²) in [6.07, 6.45) is 1.51. The van der Waals surface area contributed by atoms with E-state index in [2.05, 4.69) is 25.4 Å². The van der Waals surface area contributed by atoms with Gasteiger partial charge in [-0.2, -0.15) is 4.98 Å². The van der Waals surface area contributed by atoms with Crippen LogP contribution in [0.3, 0.4) is 0 Å². The number of carbonyl (C=O) groups excluding carboxylic acids is 1. The molecule has 0 bridgehead atoms. The summed E-state index contributed by atoms with van der Waals surface area (Å²) in [5.74, 6) is 0.301. The highest BCUT2D eigenvalue weighted by atomic mass is 32.1. The van der Waals surface area contributed by atoms with Crippen molar-refractivity contribution in [3.63, 3.8) is 0 Å². The fourth-order valence-electron chi connectivity index (χ4n) is 2.28. The van der Waals surface area contributed by atoms with Gasteiger partial charge in [0.2, 0.25) is 17.3 Å². The van der Waals surface area contributed by atoms with Crippen molar-refractivity contribution >= 4 is 27.5 Å². The number of amides is 1.